The SMILES string of the molecule is CC(C)(CNS(=O)(=O)c1ccccc1CN)S(C)(=O)=O. The molecule has 0 aromatic heterocycles. The number of hydrogen-bond acceptors (Lipinski definition) is 5. The molecule has 8 heteroatoms. The first-order valence-electron chi connectivity index (χ1n) is 5.98. The fourth-order valence-corrected chi connectivity index (χ4v) is 3.30. The van der Waals surface area contributed by atoms with Crippen LogP contribution in [-0.2, 0) is 26.4 Å². The molecule has 114 valence electrons. The largest absolute Gasteiger partial charge is 0.326 e. The normalized spacial score (nSPS) is 13.4. The lowest BCUT2D eigenvalue weighted by Gasteiger charge is -2.23. The standard InChI is InChI=1S/C12H20N2O4S2/c1-12(2,19(3,15)16)9-14-20(17,18)11-7-5-4-6-10(11)8-13/h4-7,14H,8-9,13H2,1-3H3. The van der Waals surface area contributed by atoms with Crippen molar-refractivity contribution in [2.24, 2.45) is 5.73 Å². The second kappa shape index (κ2) is 5.80. The molecule has 3 N–H and O–H groups in total. The van der Waals surface area contributed by atoms with E-state index in [2.05, 4.69) is 4.72 Å². The van der Waals surface area contributed by atoms with Gasteiger partial charge in [-0.15, -0.1) is 0 Å². The number of benzene rings is 1. The summed E-state index contributed by atoms with van der Waals surface area (Å²) in [7, 11) is -7.17. The van der Waals surface area contributed by atoms with Crippen LogP contribution in [0.4, 0.5) is 0 Å². The van der Waals surface area contributed by atoms with Crippen LogP contribution >= 0.6 is 0 Å². The lowest BCUT2D eigenvalue weighted by Crippen LogP contribution is -2.43. The van der Waals surface area contributed by atoms with Crippen LogP contribution < -0.4 is 10.5 Å². The van der Waals surface area contributed by atoms with E-state index in [1.54, 1.807) is 18.2 Å². The highest BCUT2D eigenvalue weighted by Crippen LogP contribution is 2.18. The summed E-state index contributed by atoms with van der Waals surface area (Å²) in [6.07, 6.45) is 1.08. The highest BCUT2D eigenvalue weighted by atomic mass is 32.2. The third-order valence-electron chi connectivity index (χ3n) is 3.17. The van der Waals surface area contributed by atoms with Gasteiger partial charge in [0.25, 0.3) is 0 Å². The number of hydrogen-bond donors (Lipinski definition) is 2. The zero-order valence-electron chi connectivity index (χ0n) is 11.8. The van der Waals surface area contributed by atoms with Crippen LogP contribution in [0, 0.1) is 0 Å². The molecule has 6 nitrogen and oxygen atoms in total. The Morgan fingerprint density at radius 3 is 2.20 bits per heavy atom. The van der Waals surface area contributed by atoms with Gasteiger partial charge in [-0.05, 0) is 25.5 Å². The van der Waals surface area contributed by atoms with Gasteiger partial charge in [0.05, 0.1) is 9.64 Å². The number of sulfone groups is 1. The monoisotopic (exact) mass is 320 g/mol. The van der Waals surface area contributed by atoms with E-state index in [9.17, 15) is 16.8 Å². The van der Waals surface area contributed by atoms with Gasteiger partial charge in [0.2, 0.25) is 10.0 Å². The minimum absolute atomic E-state index is 0.0757. The first-order chi connectivity index (χ1) is 9.01. The number of nitrogens with two attached hydrogens (primary N) is 1. The van der Waals surface area contributed by atoms with Crippen molar-refractivity contribution >= 4 is 19.9 Å². The fraction of sp³-hybridized carbons (Fsp3) is 0.500. The molecule has 0 aliphatic rings. The third-order valence-corrected chi connectivity index (χ3v) is 6.83. The van der Waals surface area contributed by atoms with Crippen LogP contribution in [0.25, 0.3) is 0 Å². The molecule has 0 saturated carbocycles. The van der Waals surface area contributed by atoms with Gasteiger partial charge in [-0.1, -0.05) is 18.2 Å². The Morgan fingerprint density at radius 1 is 1.15 bits per heavy atom. The minimum atomic E-state index is -3.79. The number of rotatable bonds is 6. The zero-order chi connectivity index (χ0) is 15.6. The average Bonchev–Trinajstić information content (AvgIpc) is 2.35. The highest BCUT2D eigenvalue weighted by molar-refractivity contribution is 7.92. The topological polar surface area (TPSA) is 106 Å². The van der Waals surface area contributed by atoms with Crippen LogP contribution in [0.5, 0.6) is 0 Å². The summed E-state index contributed by atoms with van der Waals surface area (Å²) < 4.78 is 48.7. The maximum absolute atomic E-state index is 12.2. The van der Waals surface area contributed by atoms with Crippen molar-refractivity contribution in [3.63, 3.8) is 0 Å². The Morgan fingerprint density at radius 2 is 1.70 bits per heavy atom. The van der Waals surface area contributed by atoms with Gasteiger partial charge in [-0.2, -0.15) is 0 Å². The molecular formula is C12H20N2O4S2. The van der Waals surface area contributed by atoms with Gasteiger partial charge >= 0.3 is 0 Å². The predicted molar refractivity (Wildman–Crippen MR) is 78.4 cm³/mol. The van der Waals surface area contributed by atoms with Crippen molar-refractivity contribution in [3.8, 4) is 0 Å². The van der Waals surface area contributed by atoms with Crippen molar-refractivity contribution in [1.29, 1.82) is 0 Å². The summed E-state index contributed by atoms with van der Waals surface area (Å²) in [6.45, 7) is 2.83. The molecule has 0 spiro atoms. The van der Waals surface area contributed by atoms with Gasteiger partial charge in [-0.25, -0.2) is 21.6 Å². The van der Waals surface area contributed by atoms with E-state index in [0.29, 0.717) is 5.56 Å². The van der Waals surface area contributed by atoms with Gasteiger partial charge in [-0.3, -0.25) is 0 Å². The van der Waals surface area contributed by atoms with Gasteiger partial charge < -0.3 is 5.73 Å². The smallest absolute Gasteiger partial charge is 0.240 e. The van der Waals surface area contributed by atoms with Crippen molar-refractivity contribution in [3.05, 3.63) is 29.8 Å². The summed E-state index contributed by atoms with van der Waals surface area (Å²) in [5, 5.41) is 0. The molecule has 0 amide bonds. The maximum atomic E-state index is 12.2. The van der Waals surface area contributed by atoms with E-state index in [1.807, 2.05) is 0 Å². The van der Waals surface area contributed by atoms with Crippen LogP contribution in [0.15, 0.2) is 29.2 Å². The number of sulfonamides is 1. The van der Waals surface area contributed by atoms with Crippen LogP contribution in [0.2, 0.25) is 0 Å². The summed E-state index contributed by atoms with van der Waals surface area (Å²) in [5.74, 6) is 0. The van der Waals surface area contributed by atoms with Gasteiger partial charge in [0.1, 0.15) is 0 Å². The first-order valence-corrected chi connectivity index (χ1v) is 9.36. The van der Waals surface area contributed by atoms with E-state index >= 15 is 0 Å². The molecule has 0 aliphatic heterocycles. The van der Waals surface area contributed by atoms with E-state index < -0.39 is 24.6 Å². The number of nitrogens with one attached hydrogen (secondary N) is 1. The van der Waals surface area contributed by atoms with E-state index in [-0.39, 0.29) is 18.0 Å². The van der Waals surface area contributed by atoms with Crippen LogP contribution in [-0.4, -0.2) is 34.4 Å². The summed E-state index contributed by atoms with van der Waals surface area (Å²) in [5.41, 5.74) is 5.99. The Bertz CT molecular complexity index is 679. The van der Waals surface area contributed by atoms with E-state index in [0.717, 1.165) is 6.26 Å². The zero-order valence-corrected chi connectivity index (χ0v) is 13.4. The quantitative estimate of drug-likeness (QED) is 0.781. The molecule has 0 atom stereocenters. The average molecular weight is 320 g/mol. The molecule has 0 radical (unpaired) electrons. The minimum Gasteiger partial charge on any atom is -0.326 e. The summed E-state index contributed by atoms with van der Waals surface area (Å²) >= 11 is 0. The van der Waals surface area contributed by atoms with Crippen molar-refractivity contribution in [2.45, 2.75) is 30.0 Å². The van der Waals surface area contributed by atoms with Crippen LogP contribution in [0.3, 0.4) is 0 Å². The van der Waals surface area contributed by atoms with Gasteiger partial charge in [0, 0.05) is 19.3 Å². The molecule has 0 aliphatic carbocycles. The lowest BCUT2D eigenvalue weighted by atomic mass is 10.2. The summed E-state index contributed by atoms with van der Waals surface area (Å²) in [6, 6.07) is 6.35. The van der Waals surface area contributed by atoms with Crippen molar-refractivity contribution in [2.75, 3.05) is 12.8 Å². The molecule has 0 bridgehead atoms. The molecule has 0 heterocycles. The Balaban J connectivity index is 3.03. The maximum Gasteiger partial charge on any atom is 0.240 e. The summed E-state index contributed by atoms with van der Waals surface area (Å²) in [4.78, 5) is 0.0757. The molecule has 0 saturated heterocycles. The van der Waals surface area contributed by atoms with E-state index in [4.69, 9.17) is 5.73 Å². The molecule has 1 aromatic carbocycles. The molecule has 0 fully saturated rings. The van der Waals surface area contributed by atoms with Gasteiger partial charge in [0.15, 0.2) is 9.84 Å². The van der Waals surface area contributed by atoms with Crippen molar-refractivity contribution in [1.82, 2.24) is 4.72 Å². The van der Waals surface area contributed by atoms with Crippen molar-refractivity contribution < 1.29 is 16.8 Å². The molecule has 1 aromatic rings. The van der Waals surface area contributed by atoms with E-state index in [1.165, 1.54) is 19.9 Å². The Labute approximate surface area is 120 Å². The third kappa shape index (κ3) is 3.78. The predicted octanol–water partition coefficient (Wildman–Crippen LogP) is 0.247. The second-order valence-electron chi connectivity index (χ2n) is 5.17. The molecule has 20 heavy (non-hydrogen) atoms. The van der Waals surface area contributed by atoms with Crippen LogP contribution in [0.1, 0.15) is 19.4 Å². The Kier molecular flexibility index (Phi) is 4.96. The fourth-order valence-electron chi connectivity index (χ4n) is 1.41. The molecular weight excluding hydrogens is 300 g/mol. The lowest BCUT2D eigenvalue weighted by molar-refractivity contribution is 0.536. The Hall–Kier alpha value is -0.960. The second-order valence-corrected chi connectivity index (χ2v) is 9.55. The first kappa shape index (κ1) is 17.1. The molecule has 0 unspecified atom stereocenters. The highest BCUT2D eigenvalue weighted by Gasteiger charge is 2.32. The molecule has 1 rings (SSSR count).